The van der Waals surface area contributed by atoms with Crippen LogP contribution in [0.1, 0.15) is 0 Å². The zero-order valence-corrected chi connectivity index (χ0v) is 15.8. The molecule has 0 rings (SSSR count). The van der Waals surface area contributed by atoms with Crippen LogP contribution in [0.15, 0.2) is 0 Å². The van der Waals surface area contributed by atoms with E-state index in [2.05, 4.69) is 0 Å². The first kappa shape index (κ1) is 51.0. The first-order chi connectivity index (χ1) is 0. The van der Waals surface area contributed by atoms with Crippen LogP contribution in [0.2, 0.25) is 0 Å². The molecule has 0 N–H and O–H groups in total. The molecule has 0 aromatic heterocycles. The summed E-state index contributed by atoms with van der Waals surface area (Å²) in [7, 11) is 0. The molecule has 0 atom stereocenters. The van der Waals surface area contributed by atoms with Crippen LogP contribution >= 0.6 is 0 Å². The van der Waals surface area contributed by atoms with Gasteiger partial charge in [-0.3, -0.25) is 0 Å². The molecule has 0 spiro atoms. The van der Waals surface area contributed by atoms with Crippen LogP contribution in [0.25, 0.3) is 0 Å². The molecule has 0 heterocycles. The summed E-state index contributed by atoms with van der Waals surface area (Å²) < 4.78 is 0. The Bertz CT molecular complexity index is 15.5. The van der Waals surface area contributed by atoms with Crippen LogP contribution in [0.3, 0.4) is 0 Å². The molecule has 6 heavy (non-hydrogen) atoms. The molecular formula is AsCdCoCrCuPb. The first-order valence-electron chi connectivity index (χ1n) is 0. The Morgan fingerprint density at radius 2 is 1.00 bits per heavy atom. The summed E-state index contributed by atoms with van der Waals surface area (Å²) in [4.78, 5) is 0. The van der Waals surface area contributed by atoms with E-state index in [1.807, 2.05) is 0 Å². The molecular weight excluding hydrogens is 569 g/mol. The minimum Gasteiger partial charge on any atom is 0 e. The predicted molar refractivity (Wildman–Crippen MR) is 11.5 cm³/mol. The van der Waals surface area contributed by atoms with Crippen molar-refractivity contribution in [2.24, 2.45) is 0 Å². The van der Waals surface area contributed by atoms with E-state index in [-0.39, 0.29) is 124 Å². The second kappa shape index (κ2) is 36.2. The topological polar surface area (TPSA) is 0 Å². The fourth-order valence-corrected chi connectivity index (χ4v) is 0. The van der Waals surface area contributed by atoms with Gasteiger partial charge in [0.1, 0.15) is 0 Å². The smallest absolute Gasteiger partial charge is 0 e. The molecule has 0 aromatic carbocycles. The summed E-state index contributed by atoms with van der Waals surface area (Å²) in [6, 6.07) is 0. The van der Waals surface area contributed by atoms with Gasteiger partial charge in [-0.2, -0.15) is 0 Å². The number of hydrogen-bond donors (Lipinski definition) is 0. The van der Waals surface area contributed by atoms with Gasteiger partial charge in [0.2, 0.25) is 0 Å². The monoisotopic (exact) mass is 571 g/mol. The van der Waals surface area contributed by atoms with E-state index in [0.29, 0.717) is 0 Å². The quantitative estimate of drug-likeness (QED) is 0.337. The summed E-state index contributed by atoms with van der Waals surface area (Å²) in [6.07, 6.45) is 0. The molecule has 0 fully saturated rings. The zero-order chi connectivity index (χ0) is 0. The van der Waals surface area contributed by atoms with Crippen LogP contribution < -0.4 is 0 Å². The Morgan fingerprint density at radius 3 is 1.00 bits per heavy atom. The zero-order valence-electron chi connectivity index (χ0n) is 2.70. The van der Waals surface area contributed by atoms with Crippen molar-refractivity contribution in [1.29, 1.82) is 0 Å². The molecule has 37 valence electrons. The predicted octanol–water partition coefficient (Wildman–Crippen LogP) is -0.772. The van der Waals surface area contributed by atoms with Gasteiger partial charge in [-0.25, -0.2) is 0 Å². The minimum absolute atomic E-state index is 0. The summed E-state index contributed by atoms with van der Waals surface area (Å²) in [5.41, 5.74) is 0. The largest absolute Gasteiger partial charge is 0 e. The third-order valence-corrected chi connectivity index (χ3v) is 0. The van der Waals surface area contributed by atoms with E-state index >= 15 is 0 Å². The van der Waals surface area contributed by atoms with Gasteiger partial charge in [0.25, 0.3) is 0 Å². The van der Waals surface area contributed by atoms with Crippen molar-refractivity contribution in [3.05, 3.63) is 0 Å². The van der Waals surface area contributed by atoms with Gasteiger partial charge in [-0.15, -0.1) is 0 Å². The van der Waals surface area contributed by atoms with Crippen molar-refractivity contribution in [3.8, 4) is 0 Å². The van der Waals surface area contributed by atoms with Crippen LogP contribution in [-0.2, 0) is 78.5 Å². The van der Waals surface area contributed by atoms with Gasteiger partial charge in [-0.1, -0.05) is 0 Å². The average molecular weight is 569 g/mol. The summed E-state index contributed by atoms with van der Waals surface area (Å²) >= 11 is 0. The Morgan fingerprint density at radius 1 is 1.00 bits per heavy atom. The van der Waals surface area contributed by atoms with E-state index in [4.69, 9.17) is 0 Å². The van der Waals surface area contributed by atoms with Crippen molar-refractivity contribution in [2.75, 3.05) is 0 Å². The Balaban J connectivity index is 0. The SMILES string of the molecule is [As].[Cd].[Co].[Cr].[Cu].[Pb]. The van der Waals surface area contributed by atoms with Crippen molar-refractivity contribution >= 4 is 45.3 Å². The first-order valence-corrected chi connectivity index (χ1v) is 0. The maximum absolute atomic E-state index is 0. The second-order valence-electron chi connectivity index (χ2n) is 0. The van der Waals surface area contributed by atoms with Crippen LogP contribution in [0, 0.1) is 0 Å². The van der Waals surface area contributed by atoms with Gasteiger partial charge in [0.15, 0.2) is 0 Å². The van der Waals surface area contributed by atoms with Crippen LogP contribution in [0.4, 0.5) is 0 Å². The molecule has 0 saturated heterocycles. The van der Waals surface area contributed by atoms with Crippen LogP contribution in [0.5, 0.6) is 0 Å². The molecule has 0 aromatic rings. The number of rotatable bonds is 0. The van der Waals surface area contributed by atoms with Gasteiger partial charge in [-0.05, 0) is 0 Å². The molecule has 9 radical (unpaired) electrons. The van der Waals surface area contributed by atoms with E-state index in [0.717, 1.165) is 0 Å². The Labute approximate surface area is 121 Å². The van der Waals surface area contributed by atoms with E-state index in [1.54, 1.807) is 0 Å². The van der Waals surface area contributed by atoms with Crippen molar-refractivity contribution < 1.29 is 78.5 Å². The van der Waals surface area contributed by atoms with E-state index < -0.39 is 0 Å². The molecule has 0 saturated carbocycles. The standard InChI is InChI=1S/As.Cd.Co.Cr.Cu.Pb. The molecule has 6 heteroatoms. The molecule has 0 aliphatic heterocycles. The molecule has 0 amide bonds. The fourth-order valence-electron chi connectivity index (χ4n) is 0. The van der Waals surface area contributed by atoms with Gasteiger partial charge >= 0.3 is 0 Å². The van der Waals surface area contributed by atoms with Crippen LogP contribution in [-0.4, -0.2) is 45.3 Å². The summed E-state index contributed by atoms with van der Waals surface area (Å²) in [5.74, 6) is 0. The van der Waals surface area contributed by atoms with Crippen molar-refractivity contribution in [3.63, 3.8) is 0 Å². The van der Waals surface area contributed by atoms with Crippen molar-refractivity contribution in [2.45, 2.75) is 0 Å². The maximum Gasteiger partial charge on any atom is 0 e. The fraction of sp³-hybridized carbons (Fsp3) is 0. The van der Waals surface area contributed by atoms with E-state index in [9.17, 15) is 0 Å². The normalized spacial score (nSPS) is 0. The molecule has 0 nitrogen and oxygen atoms in total. The van der Waals surface area contributed by atoms with Gasteiger partial charge < -0.3 is 0 Å². The molecule has 0 bridgehead atoms. The third kappa shape index (κ3) is 24.6. The second-order valence-corrected chi connectivity index (χ2v) is 0. The summed E-state index contributed by atoms with van der Waals surface area (Å²) in [6.45, 7) is 0. The minimum atomic E-state index is 0. The molecule has 0 unspecified atom stereocenters. The van der Waals surface area contributed by atoms with Gasteiger partial charge in [0, 0.05) is 124 Å². The summed E-state index contributed by atoms with van der Waals surface area (Å²) in [5, 5.41) is 0. The van der Waals surface area contributed by atoms with E-state index in [1.165, 1.54) is 0 Å². The average Bonchev–Trinajstić information content (AvgIpc) is 0. The number of hydrogen-bond acceptors (Lipinski definition) is 0. The third-order valence-electron chi connectivity index (χ3n) is 0. The molecule has 0 aliphatic rings. The maximum atomic E-state index is 0. The molecule has 0 aliphatic carbocycles. The van der Waals surface area contributed by atoms with Gasteiger partial charge in [0.05, 0.1) is 0 Å². The van der Waals surface area contributed by atoms with Crippen molar-refractivity contribution in [1.82, 2.24) is 0 Å². The Kier molecular flexibility index (Phi) is 308. The Hall–Kier alpha value is 3.96.